The number of primary amides is 1. The van der Waals surface area contributed by atoms with Gasteiger partial charge in [-0.3, -0.25) is 9.59 Å². The van der Waals surface area contributed by atoms with E-state index in [1.807, 2.05) is 30.3 Å². The Labute approximate surface area is 131 Å². The molecule has 0 radical (unpaired) electrons. The van der Waals surface area contributed by atoms with Crippen LogP contribution in [-0.4, -0.2) is 17.9 Å². The molecule has 2 aromatic carbocycles. The topological polar surface area (TPSA) is 72.2 Å². The number of halogens is 1. The molecule has 1 atom stereocenters. The summed E-state index contributed by atoms with van der Waals surface area (Å²) in [5, 5.41) is 4.64. The number of hydrogen-bond acceptors (Lipinski definition) is 2. The third-order valence-corrected chi connectivity index (χ3v) is 3.41. The van der Waals surface area contributed by atoms with Gasteiger partial charge in [0.05, 0.1) is 0 Å². The molecule has 0 aliphatic rings. The summed E-state index contributed by atoms with van der Waals surface area (Å²) in [5.41, 5.74) is 5.77. The van der Waals surface area contributed by atoms with Crippen LogP contribution >= 0.6 is 15.9 Å². The fourth-order valence-corrected chi connectivity index (χ4v) is 2.34. The van der Waals surface area contributed by atoms with Crippen LogP contribution in [0.4, 0.5) is 0 Å². The lowest BCUT2D eigenvalue weighted by Gasteiger charge is -2.15. The molecular formula is C16H15BrN2O2. The van der Waals surface area contributed by atoms with E-state index in [9.17, 15) is 9.59 Å². The van der Waals surface area contributed by atoms with Gasteiger partial charge >= 0.3 is 0 Å². The number of hydrogen-bond donors (Lipinski definition) is 2. The summed E-state index contributed by atoms with van der Waals surface area (Å²) in [4.78, 5) is 23.6. The first-order valence-corrected chi connectivity index (χ1v) is 7.19. The molecule has 0 spiro atoms. The van der Waals surface area contributed by atoms with Crippen LogP contribution in [0.5, 0.6) is 0 Å². The highest BCUT2D eigenvalue weighted by Gasteiger charge is 2.19. The number of carbonyl (C=O) groups excluding carboxylic acids is 2. The van der Waals surface area contributed by atoms with Crippen molar-refractivity contribution in [3.05, 3.63) is 59.1 Å². The molecule has 3 N–H and O–H groups in total. The van der Waals surface area contributed by atoms with E-state index < -0.39 is 11.9 Å². The van der Waals surface area contributed by atoms with Crippen LogP contribution in [0.2, 0.25) is 0 Å². The molecular weight excluding hydrogens is 332 g/mol. The van der Waals surface area contributed by atoms with Gasteiger partial charge in [0.15, 0.2) is 0 Å². The monoisotopic (exact) mass is 346 g/mol. The quantitative estimate of drug-likeness (QED) is 0.873. The van der Waals surface area contributed by atoms with Gasteiger partial charge in [-0.25, -0.2) is 0 Å². The molecule has 21 heavy (non-hydrogen) atoms. The first-order chi connectivity index (χ1) is 9.97. The van der Waals surface area contributed by atoms with Crippen molar-refractivity contribution in [3.63, 3.8) is 0 Å². The van der Waals surface area contributed by atoms with Crippen LogP contribution in [0.1, 0.15) is 16.8 Å². The van der Waals surface area contributed by atoms with Gasteiger partial charge in [-0.05, 0) is 27.4 Å². The lowest BCUT2D eigenvalue weighted by Crippen LogP contribution is -2.44. The van der Waals surface area contributed by atoms with Gasteiger partial charge in [-0.2, -0.15) is 0 Å². The van der Waals surface area contributed by atoms with Gasteiger partial charge in [0.25, 0.3) is 5.91 Å². The number of rotatable bonds is 5. The van der Waals surface area contributed by atoms with Gasteiger partial charge in [-0.1, -0.05) is 52.8 Å². The fourth-order valence-electron chi connectivity index (χ4n) is 2.02. The average Bonchev–Trinajstić information content (AvgIpc) is 2.45. The Morgan fingerprint density at radius 1 is 1.19 bits per heavy atom. The van der Waals surface area contributed by atoms with Crippen LogP contribution in [0, 0.1) is 0 Å². The summed E-state index contributed by atoms with van der Waals surface area (Å²) in [6, 6.07) is 12.3. The standard InChI is InChI=1S/C16H15BrN2O2/c1-10(17)8-14(15(18)20)19-16(21)13-7-6-11-4-2-3-5-12(11)9-13/h2-7,9,14H,1,8H2,(H2,18,20)(H,19,21)/t14-/m1/s1. The van der Waals surface area contributed by atoms with E-state index in [0.717, 1.165) is 10.8 Å². The van der Waals surface area contributed by atoms with Gasteiger partial charge in [0.1, 0.15) is 6.04 Å². The molecule has 108 valence electrons. The average molecular weight is 347 g/mol. The second kappa shape index (κ2) is 6.54. The smallest absolute Gasteiger partial charge is 0.251 e. The number of fused-ring (bicyclic) bond motifs is 1. The van der Waals surface area contributed by atoms with Crippen molar-refractivity contribution in [2.75, 3.05) is 0 Å². The molecule has 0 aliphatic heterocycles. The zero-order valence-electron chi connectivity index (χ0n) is 11.3. The van der Waals surface area contributed by atoms with Gasteiger partial charge in [-0.15, -0.1) is 0 Å². The van der Waals surface area contributed by atoms with Crippen molar-refractivity contribution in [2.24, 2.45) is 5.73 Å². The molecule has 0 saturated heterocycles. The molecule has 2 rings (SSSR count). The Bertz CT molecular complexity index is 712. The van der Waals surface area contributed by atoms with E-state index in [1.54, 1.807) is 12.1 Å². The molecule has 0 saturated carbocycles. The number of carbonyl (C=O) groups is 2. The summed E-state index contributed by atoms with van der Waals surface area (Å²) < 4.78 is 0.602. The number of nitrogens with one attached hydrogen (secondary N) is 1. The van der Waals surface area contributed by atoms with Crippen LogP contribution in [0.15, 0.2) is 53.5 Å². The van der Waals surface area contributed by atoms with E-state index in [0.29, 0.717) is 10.0 Å². The second-order valence-electron chi connectivity index (χ2n) is 4.71. The predicted molar refractivity (Wildman–Crippen MR) is 87.1 cm³/mol. The third-order valence-electron chi connectivity index (χ3n) is 3.09. The van der Waals surface area contributed by atoms with Crippen molar-refractivity contribution >= 4 is 38.5 Å². The maximum absolute atomic E-state index is 12.2. The summed E-state index contributed by atoms with van der Waals surface area (Å²) in [6.07, 6.45) is 0.259. The number of benzene rings is 2. The third kappa shape index (κ3) is 3.92. The van der Waals surface area contributed by atoms with Crippen LogP contribution in [0.3, 0.4) is 0 Å². The minimum absolute atomic E-state index is 0.259. The highest BCUT2D eigenvalue weighted by molar-refractivity contribution is 9.11. The Balaban J connectivity index is 2.20. The highest BCUT2D eigenvalue weighted by atomic mass is 79.9. The van der Waals surface area contributed by atoms with E-state index >= 15 is 0 Å². The molecule has 0 aromatic heterocycles. The zero-order chi connectivity index (χ0) is 15.4. The molecule has 5 heteroatoms. The van der Waals surface area contributed by atoms with Crippen molar-refractivity contribution < 1.29 is 9.59 Å². The van der Waals surface area contributed by atoms with Gasteiger partial charge in [0.2, 0.25) is 5.91 Å². The van der Waals surface area contributed by atoms with E-state index in [1.165, 1.54) is 0 Å². The molecule has 0 aliphatic carbocycles. The minimum atomic E-state index is -0.782. The fraction of sp³-hybridized carbons (Fsp3) is 0.125. The molecule has 0 heterocycles. The Morgan fingerprint density at radius 3 is 2.48 bits per heavy atom. The summed E-state index contributed by atoms with van der Waals surface area (Å²) >= 11 is 3.17. The van der Waals surface area contributed by atoms with E-state index in [4.69, 9.17) is 5.73 Å². The maximum Gasteiger partial charge on any atom is 0.251 e. The van der Waals surface area contributed by atoms with Crippen molar-refractivity contribution in [2.45, 2.75) is 12.5 Å². The molecule has 4 nitrogen and oxygen atoms in total. The second-order valence-corrected chi connectivity index (χ2v) is 5.83. The van der Waals surface area contributed by atoms with Gasteiger partial charge in [0, 0.05) is 12.0 Å². The normalized spacial score (nSPS) is 11.9. The van der Waals surface area contributed by atoms with Crippen LogP contribution in [-0.2, 0) is 4.79 Å². The summed E-state index contributed by atoms with van der Waals surface area (Å²) in [6.45, 7) is 3.66. The number of nitrogens with two attached hydrogens (primary N) is 1. The number of amides is 2. The SMILES string of the molecule is C=C(Br)C[C@@H](NC(=O)c1ccc2ccccc2c1)C(N)=O. The highest BCUT2D eigenvalue weighted by Crippen LogP contribution is 2.16. The van der Waals surface area contributed by atoms with E-state index in [-0.39, 0.29) is 12.3 Å². The van der Waals surface area contributed by atoms with Crippen molar-refractivity contribution in [1.82, 2.24) is 5.32 Å². The maximum atomic E-state index is 12.2. The minimum Gasteiger partial charge on any atom is -0.368 e. The lowest BCUT2D eigenvalue weighted by atomic mass is 10.1. The molecule has 0 fully saturated rings. The molecule has 2 aromatic rings. The zero-order valence-corrected chi connectivity index (χ0v) is 12.9. The Kier molecular flexibility index (Phi) is 4.75. The summed E-state index contributed by atoms with van der Waals surface area (Å²) in [5.74, 6) is -0.928. The summed E-state index contributed by atoms with van der Waals surface area (Å²) in [7, 11) is 0. The predicted octanol–water partition coefficient (Wildman–Crippen LogP) is 2.72. The first-order valence-electron chi connectivity index (χ1n) is 6.39. The Morgan fingerprint density at radius 2 is 1.86 bits per heavy atom. The lowest BCUT2D eigenvalue weighted by molar-refractivity contribution is -0.119. The van der Waals surface area contributed by atoms with Crippen LogP contribution in [0.25, 0.3) is 10.8 Å². The largest absolute Gasteiger partial charge is 0.368 e. The van der Waals surface area contributed by atoms with Crippen molar-refractivity contribution in [3.8, 4) is 0 Å². The Hall–Kier alpha value is -2.14. The molecule has 0 unspecified atom stereocenters. The van der Waals surface area contributed by atoms with E-state index in [2.05, 4.69) is 27.8 Å². The van der Waals surface area contributed by atoms with Crippen molar-refractivity contribution in [1.29, 1.82) is 0 Å². The van der Waals surface area contributed by atoms with Gasteiger partial charge < -0.3 is 11.1 Å². The molecule has 2 amide bonds. The first kappa shape index (κ1) is 15.3. The van der Waals surface area contributed by atoms with Crippen LogP contribution < -0.4 is 11.1 Å². The molecule has 0 bridgehead atoms.